The lowest BCUT2D eigenvalue weighted by Gasteiger charge is -2.47. The Morgan fingerprint density at radius 3 is 2.93 bits per heavy atom. The second-order valence-electron chi connectivity index (χ2n) is 4.68. The summed E-state index contributed by atoms with van der Waals surface area (Å²) in [6.45, 7) is 7.51. The Morgan fingerprint density at radius 1 is 1.29 bits per heavy atom. The standard InChI is InChI=1S/C11H21BrN2/c1-10-8-14-6-3-2-4-11(14)9-13(10)7-5-12/h10-11H,2-9H2,1H3. The molecule has 14 heavy (non-hydrogen) atoms. The molecule has 0 aromatic rings. The van der Waals surface area contributed by atoms with Crippen molar-refractivity contribution in [3.8, 4) is 0 Å². The summed E-state index contributed by atoms with van der Waals surface area (Å²) in [5.74, 6) is 0. The van der Waals surface area contributed by atoms with Gasteiger partial charge >= 0.3 is 0 Å². The van der Waals surface area contributed by atoms with Crippen molar-refractivity contribution < 1.29 is 0 Å². The molecule has 0 aliphatic carbocycles. The van der Waals surface area contributed by atoms with E-state index in [1.807, 2.05) is 0 Å². The average Bonchev–Trinajstić information content (AvgIpc) is 2.19. The molecule has 2 unspecified atom stereocenters. The fourth-order valence-corrected chi connectivity index (χ4v) is 3.29. The van der Waals surface area contributed by atoms with Crippen molar-refractivity contribution in [2.45, 2.75) is 38.3 Å². The Labute approximate surface area is 95.8 Å². The number of fused-ring (bicyclic) bond motifs is 1. The summed E-state index contributed by atoms with van der Waals surface area (Å²) < 4.78 is 0. The first-order valence-electron chi connectivity index (χ1n) is 5.85. The second-order valence-corrected chi connectivity index (χ2v) is 5.47. The first-order chi connectivity index (χ1) is 6.81. The van der Waals surface area contributed by atoms with Crippen molar-refractivity contribution in [1.82, 2.24) is 9.80 Å². The lowest BCUT2D eigenvalue weighted by atomic mass is 9.97. The van der Waals surface area contributed by atoms with Crippen molar-refractivity contribution in [3.63, 3.8) is 0 Å². The van der Waals surface area contributed by atoms with Crippen molar-refractivity contribution in [2.75, 3.05) is 31.5 Å². The van der Waals surface area contributed by atoms with Crippen LogP contribution in [0.3, 0.4) is 0 Å². The van der Waals surface area contributed by atoms with Crippen molar-refractivity contribution in [1.29, 1.82) is 0 Å². The van der Waals surface area contributed by atoms with E-state index in [9.17, 15) is 0 Å². The third-order valence-corrected chi connectivity index (χ3v) is 4.04. The largest absolute Gasteiger partial charge is 0.298 e. The van der Waals surface area contributed by atoms with Gasteiger partial charge in [-0.05, 0) is 26.3 Å². The minimum absolute atomic E-state index is 0.752. The van der Waals surface area contributed by atoms with Gasteiger partial charge in [-0.2, -0.15) is 0 Å². The number of hydrogen-bond donors (Lipinski definition) is 0. The van der Waals surface area contributed by atoms with Gasteiger partial charge in [0.15, 0.2) is 0 Å². The molecule has 2 heterocycles. The summed E-state index contributed by atoms with van der Waals surface area (Å²) in [6.07, 6.45) is 4.28. The Balaban J connectivity index is 1.92. The molecule has 3 heteroatoms. The Kier molecular flexibility index (Phi) is 3.86. The Bertz CT molecular complexity index is 184. The van der Waals surface area contributed by atoms with E-state index < -0.39 is 0 Å². The van der Waals surface area contributed by atoms with Crippen LogP contribution < -0.4 is 0 Å². The molecule has 2 saturated heterocycles. The zero-order chi connectivity index (χ0) is 9.97. The van der Waals surface area contributed by atoms with E-state index in [1.54, 1.807) is 0 Å². The summed E-state index contributed by atoms with van der Waals surface area (Å²) in [6, 6.07) is 1.61. The molecule has 82 valence electrons. The number of piperazine rings is 1. The van der Waals surface area contributed by atoms with E-state index in [1.165, 1.54) is 45.4 Å². The summed E-state index contributed by atoms with van der Waals surface area (Å²) >= 11 is 3.55. The third kappa shape index (κ3) is 2.31. The van der Waals surface area contributed by atoms with Gasteiger partial charge in [-0.25, -0.2) is 0 Å². The van der Waals surface area contributed by atoms with E-state index in [4.69, 9.17) is 0 Å². The average molecular weight is 261 g/mol. The van der Waals surface area contributed by atoms with Crippen LogP contribution in [0.4, 0.5) is 0 Å². The molecule has 2 fully saturated rings. The summed E-state index contributed by atoms with van der Waals surface area (Å²) in [4.78, 5) is 5.35. The van der Waals surface area contributed by atoms with Crippen molar-refractivity contribution >= 4 is 15.9 Å². The smallest absolute Gasteiger partial charge is 0.0223 e. The molecule has 0 radical (unpaired) electrons. The SMILES string of the molecule is CC1CN2CCCCC2CN1CCBr. The Hall–Kier alpha value is 0.400. The highest BCUT2D eigenvalue weighted by Gasteiger charge is 2.32. The highest BCUT2D eigenvalue weighted by molar-refractivity contribution is 9.09. The van der Waals surface area contributed by atoms with Crippen LogP contribution >= 0.6 is 15.9 Å². The van der Waals surface area contributed by atoms with E-state index in [2.05, 4.69) is 32.7 Å². The minimum Gasteiger partial charge on any atom is -0.298 e. The van der Waals surface area contributed by atoms with Crippen LogP contribution in [0.15, 0.2) is 0 Å². The summed E-state index contributed by atoms with van der Waals surface area (Å²) in [7, 11) is 0. The van der Waals surface area contributed by atoms with Gasteiger partial charge in [0.1, 0.15) is 0 Å². The van der Waals surface area contributed by atoms with Crippen LogP contribution in [0.2, 0.25) is 0 Å². The lowest BCUT2D eigenvalue weighted by molar-refractivity contribution is 0.0190. The van der Waals surface area contributed by atoms with Crippen LogP contribution in [0.5, 0.6) is 0 Å². The van der Waals surface area contributed by atoms with Crippen LogP contribution in [-0.4, -0.2) is 53.4 Å². The minimum atomic E-state index is 0.752. The maximum Gasteiger partial charge on any atom is 0.0223 e. The predicted molar refractivity (Wildman–Crippen MR) is 64.0 cm³/mol. The molecule has 2 aliphatic rings. The number of hydrogen-bond acceptors (Lipinski definition) is 2. The zero-order valence-electron chi connectivity index (χ0n) is 9.08. The number of piperidine rings is 1. The van der Waals surface area contributed by atoms with Gasteiger partial charge in [0, 0.05) is 37.0 Å². The molecule has 2 nitrogen and oxygen atoms in total. The van der Waals surface area contributed by atoms with Crippen LogP contribution in [-0.2, 0) is 0 Å². The molecule has 0 spiro atoms. The van der Waals surface area contributed by atoms with Crippen LogP contribution in [0.25, 0.3) is 0 Å². The number of alkyl halides is 1. The molecular weight excluding hydrogens is 240 g/mol. The van der Waals surface area contributed by atoms with Crippen LogP contribution in [0.1, 0.15) is 26.2 Å². The monoisotopic (exact) mass is 260 g/mol. The normalized spacial score (nSPS) is 35.6. The van der Waals surface area contributed by atoms with Gasteiger partial charge in [0.05, 0.1) is 0 Å². The molecule has 0 bridgehead atoms. The van der Waals surface area contributed by atoms with Gasteiger partial charge in [0.25, 0.3) is 0 Å². The predicted octanol–water partition coefficient (Wildman–Crippen LogP) is 1.94. The highest BCUT2D eigenvalue weighted by Crippen LogP contribution is 2.23. The molecule has 2 atom stereocenters. The lowest BCUT2D eigenvalue weighted by Crippen LogP contribution is -2.58. The van der Waals surface area contributed by atoms with Crippen LogP contribution in [0, 0.1) is 0 Å². The van der Waals surface area contributed by atoms with E-state index in [0.29, 0.717) is 0 Å². The molecule has 2 aliphatic heterocycles. The molecule has 0 aromatic heterocycles. The number of rotatable bonds is 2. The number of halogens is 1. The Morgan fingerprint density at radius 2 is 2.14 bits per heavy atom. The molecule has 0 amide bonds. The van der Waals surface area contributed by atoms with Gasteiger partial charge < -0.3 is 0 Å². The maximum absolute atomic E-state index is 3.55. The van der Waals surface area contributed by atoms with E-state index in [0.717, 1.165) is 17.4 Å². The van der Waals surface area contributed by atoms with Gasteiger partial charge in [-0.3, -0.25) is 9.80 Å². The highest BCUT2D eigenvalue weighted by atomic mass is 79.9. The fourth-order valence-electron chi connectivity index (χ4n) is 2.83. The van der Waals surface area contributed by atoms with Crippen molar-refractivity contribution in [2.24, 2.45) is 0 Å². The first-order valence-corrected chi connectivity index (χ1v) is 6.97. The number of nitrogens with zero attached hydrogens (tertiary/aromatic N) is 2. The topological polar surface area (TPSA) is 6.48 Å². The third-order valence-electron chi connectivity index (χ3n) is 3.69. The van der Waals surface area contributed by atoms with Crippen molar-refractivity contribution in [3.05, 3.63) is 0 Å². The molecular formula is C11H21BrN2. The summed E-state index contributed by atoms with van der Waals surface area (Å²) in [5, 5.41) is 1.12. The molecule has 2 rings (SSSR count). The molecule has 0 saturated carbocycles. The van der Waals surface area contributed by atoms with Gasteiger partial charge in [-0.1, -0.05) is 22.4 Å². The first kappa shape index (κ1) is 10.9. The quantitative estimate of drug-likeness (QED) is 0.701. The fraction of sp³-hybridized carbons (Fsp3) is 1.00. The van der Waals surface area contributed by atoms with Gasteiger partial charge in [-0.15, -0.1) is 0 Å². The second kappa shape index (κ2) is 4.95. The zero-order valence-corrected chi connectivity index (χ0v) is 10.7. The maximum atomic E-state index is 3.55. The summed E-state index contributed by atoms with van der Waals surface area (Å²) in [5.41, 5.74) is 0. The molecule has 0 aromatic carbocycles. The van der Waals surface area contributed by atoms with E-state index >= 15 is 0 Å². The van der Waals surface area contributed by atoms with E-state index in [-0.39, 0.29) is 0 Å². The van der Waals surface area contributed by atoms with Gasteiger partial charge in [0.2, 0.25) is 0 Å². The molecule has 0 N–H and O–H groups in total.